The van der Waals surface area contributed by atoms with Gasteiger partial charge in [0.25, 0.3) is 0 Å². The topological polar surface area (TPSA) is 30.5 Å². The van der Waals surface area contributed by atoms with Gasteiger partial charge in [0.2, 0.25) is 0 Å². The summed E-state index contributed by atoms with van der Waals surface area (Å²) in [5, 5.41) is 3.41. The summed E-state index contributed by atoms with van der Waals surface area (Å²) in [6.07, 6.45) is 3.97. The number of rotatable bonds is 8. The van der Waals surface area contributed by atoms with E-state index < -0.39 is 0 Å². The average molecular weight is 249 g/mol. The summed E-state index contributed by atoms with van der Waals surface area (Å²) in [5.41, 5.74) is 1.27. The molecular formula is C15H23NO2. The molecule has 0 aliphatic heterocycles. The molecule has 100 valence electrons. The number of ether oxygens (including phenoxy) is 2. The monoisotopic (exact) mass is 249 g/mol. The van der Waals surface area contributed by atoms with Crippen molar-refractivity contribution in [2.45, 2.75) is 25.3 Å². The summed E-state index contributed by atoms with van der Waals surface area (Å²) in [7, 11) is 3.72. The van der Waals surface area contributed by atoms with Gasteiger partial charge in [0, 0.05) is 18.7 Å². The summed E-state index contributed by atoms with van der Waals surface area (Å²) >= 11 is 0. The minimum Gasteiger partial charge on any atom is -0.491 e. The first-order valence-corrected chi connectivity index (χ1v) is 6.73. The highest BCUT2D eigenvalue weighted by molar-refractivity contribution is 5.36. The van der Waals surface area contributed by atoms with Crippen LogP contribution in [0.25, 0.3) is 0 Å². The Kier molecular flexibility index (Phi) is 5.02. The Hall–Kier alpha value is -1.06. The SMILES string of the molecule is CNC(CC1CC1)c1ccccc1OCCOC. The molecule has 3 heteroatoms. The zero-order valence-electron chi connectivity index (χ0n) is 11.3. The molecule has 1 aromatic carbocycles. The second-order valence-electron chi connectivity index (χ2n) is 4.90. The molecule has 0 radical (unpaired) electrons. The van der Waals surface area contributed by atoms with Crippen LogP contribution >= 0.6 is 0 Å². The largest absolute Gasteiger partial charge is 0.491 e. The molecular weight excluding hydrogens is 226 g/mol. The third-order valence-electron chi connectivity index (χ3n) is 3.45. The van der Waals surface area contributed by atoms with Crippen molar-refractivity contribution < 1.29 is 9.47 Å². The lowest BCUT2D eigenvalue weighted by Crippen LogP contribution is -2.18. The van der Waals surface area contributed by atoms with Crippen molar-refractivity contribution in [2.24, 2.45) is 5.92 Å². The second-order valence-corrected chi connectivity index (χ2v) is 4.90. The van der Waals surface area contributed by atoms with Crippen LogP contribution in [-0.4, -0.2) is 27.4 Å². The Morgan fingerprint density at radius 1 is 1.28 bits per heavy atom. The highest BCUT2D eigenvalue weighted by atomic mass is 16.5. The fourth-order valence-electron chi connectivity index (χ4n) is 2.22. The number of hydrogen-bond acceptors (Lipinski definition) is 3. The third-order valence-corrected chi connectivity index (χ3v) is 3.45. The summed E-state index contributed by atoms with van der Waals surface area (Å²) in [4.78, 5) is 0. The Labute approximate surface area is 109 Å². The minimum atomic E-state index is 0.399. The molecule has 1 aliphatic carbocycles. The van der Waals surface area contributed by atoms with Gasteiger partial charge in [-0.05, 0) is 25.5 Å². The highest BCUT2D eigenvalue weighted by Crippen LogP contribution is 2.39. The molecule has 2 rings (SSSR count). The van der Waals surface area contributed by atoms with E-state index >= 15 is 0 Å². The van der Waals surface area contributed by atoms with Gasteiger partial charge in [-0.15, -0.1) is 0 Å². The molecule has 1 N–H and O–H groups in total. The summed E-state index contributed by atoms with van der Waals surface area (Å²) in [5.74, 6) is 1.88. The van der Waals surface area contributed by atoms with E-state index in [0.29, 0.717) is 19.3 Å². The molecule has 1 unspecified atom stereocenters. The van der Waals surface area contributed by atoms with E-state index in [9.17, 15) is 0 Å². The number of benzene rings is 1. The fraction of sp³-hybridized carbons (Fsp3) is 0.600. The van der Waals surface area contributed by atoms with Gasteiger partial charge < -0.3 is 14.8 Å². The molecule has 1 aromatic rings. The normalized spacial score (nSPS) is 16.6. The fourth-order valence-corrected chi connectivity index (χ4v) is 2.22. The lowest BCUT2D eigenvalue weighted by atomic mass is 10.0. The summed E-state index contributed by atoms with van der Waals surface area (Å²) in [6.45, 7) is 1.23. The van der Waals surface area contributed by atoms with Crippen LogP contribution < -0.4 is 10.1 Å². The molecule has 0 amide bonds. The van der Waals surface area contributed by atoms with Gasteiger partial charge in [-0.1, -0.05) is 31.0 Å². The first-order chi connectivity index (χ1) is 8.85. The van der Waals surface area contributed by atoms with Crippen LogP contribution in [0.15, 0.2) is 24.3 Å². The first-order valence-electron chi connectivity index (χ1n) is 6.73. The van der Waals surface area contributed by atoms with E-state index in [-0.39, 0.29) is 0 Å². The van der Waals surface area contributed by atoms with Gasteiger partial charge in [0.1, 0.15) is 12.4 Å². The summed E-state index contributed by atoms with van der Waals surface area (Å²) < 4.78 is 10.8. The molecule has 1 fully saturated rings. The molecule has 3 nitrogen and oxygen atoms in total. The number of nitrogens with one attached hydrogen (secondary N) is 1. The van der Waals surface area contributed by atoms with Gasteiger partial charge in [-0.25, -0.2) is 0 Å². The van der Waals surface area contributed by atoms with Crippen molar-refractivity contribution in [3.63, 3.8) is 0 Å². The smallest absolute Gasteiger partial charge is 0.124 e. The molecule has 0 saturated heterocycles. The van der Waals surface area contributed by atoms with E-state index in [1.165, 1.54) is 24.8 Å². The van der Waals surface area contributed by atoms with E-state index in [1.54, 1.807) is 7.11 Å². The van der Waals surface area contributed by atoms with Crippen LogP contribution in [0.1, 0.15) is 30.9 Å². The van der Waals surface area contributed by atoms with Gasteiger partial charge in [-0.2, -0.15) is 0 Å². The standard InChI is InChI=1S/C15H23NO2/c1-16-14(11-12-7-8-12)13-5-3-4-6-15(13)18-10-9-17-2/h3-6,12,14,16H,7-11H2,1-2H3. The third kappa shape index (κ3) is 3.72. The van der Waals surface area contributed by atoms with Gasteiger partial charge in [0.15, 0.2) is 0 Å². The van der Waals surface area contributed by atoms with Crippen LogP contribution in [0.3, 0.4) is 0 Å². The zero-order valence-corrected chi connectivity index (χ0v) is 11.3. The van der Waals surface area contributed by atoms with Crippen molar-refractivity contribution in [3.05, 3.63) is 29.8 Å². The maximum Gasteiger partial charge on any atom is 0.124 e. The van der Waals surface area contributed by atoms with Crippen LogP contribution in [0.2, 0.25) is 0 Å². The number of para-hydroxylation sites is 1. The van der Waals surface area contributed by atoms with Crippen molar-refractivity contribution in [1.82, 2.24) is 5.32 Å². The molecule has 18 heavy (non-hydrogen) atoms. The van der Waals surface area contributed by atoms with E-state index in [0.717, 1.165) is 11.7 Å². The Morgan fingerprint density at radius 3 is 2.72 bits per heavy atom. The molecule has 1 atom stereocenters. The molecule has 0 aromatic heterocycles. The predicted octanol–water partition coefficient (Wildman–Crippen LogP) is 2.77. The quantitative estimate of drug-likeness (QED) is 0.719. The minimum absolute atomic E-state index is 0.399. The Bertz CT molecular complexity index is 363. The van der Waals surface area contributed by atoms with Crippen LogP contribution in [0.5, 0.6) is 5.75 Å². The lowest BCUT2D eigenvalue weighted by molar-refractivity contribution is 0.145. The van der Waals surface area contributed by atoms with Crippen molar-refractivity contribution in [3.8, 4) is 5.75 Å². The van der Waals surface area contributed by atoms with Gasteiger partial charge in [-0.3, -0.25) is 0 Å². The second kappa shape index (κ2) is 6.76. The Balaban J connectivity index is 2.03. The van der Waals surface area contributed by atoms with Gasteiger partial charge in [0.05, 0.1) is 6.61 Å². The highest BCUT2D eigenvalue weighted by Gasteiger charge is 2.26. The molecule has 1 aliphatic rings. The van der Waals surface area contributed by atoms with Crippen LogP contribution in [0.4, 0.5) is 0 Å². The van der Waals surface area contributed by atoms with Gasteiger partial charge >= 0.3 is 0 Å². The van der Waals surface area contributed by atoms with Crippen molar-refractivity contribution >= 4 is 0 Å². The number of methoxy groups -OCH3 is 1. The van der Waals surface area contributed by atoms with E-state index in [2.05, 4.69) is 17.4 Å². The predicted molar refractivity (Wildman–Crippen MR) is 73.0 cm³/mol. The van der Waals surface area contributed by atoms with Crippen molar-refractivity contribution in [1.29, 1.82) is 0 Å². The van der Waals surface area contributed by atoms with Crippen LogP contribution in [-0.2, 0) is 4.74 Å². The van der Waals surface area contributed by atoms with E-state index in [1.807, 2.05) is 19.2 Å². The molecule has 0 bridgehead atoms. The first kappa shape index (κ1) is 13.4. The molecule has 1 saturated carbocycles. The van der Waals surface area contributed by atoms with E-state index in [4.69, 9.17) is 9.47 Å². The lowest BCUT2D eigenvalue weighted by Gasteiger charge is -2.20. The maximum atomic E-state index is 5.80. The average Bonchev–Trinajstić information content (AvgIpc) is 3.21. The van der Waals surface area contributed by atoms with Crippen LogP contribution in [0, 0.1) is 5.92 Å². The number of hydrogen-bond donors (Lipinski definition) is 1. The summed E-state index contributed by atoms with van der Waals surface area (Å²) in [6, 6.07) is 8.70. The maximum absolute atomic E-state index is 5.80. The van der Waals surface area contributed by atoms with Crippen molar-refractivity contribution in [2.75, 3.05) is 27.4 Å². The zero-order chi connectivity index (χ0) is 12.8. The molecule has 0 heterocycles. The molecule has 0 spiro atoms. The Morgan fingerprint density at radius 2 is 2.06 bits per heavy atom.